The summed E-state index contributed by atoms with van der Waals surface area (Å²) >= 11 is 0. The van der Waals surface area contributed by atoms with Gasteiger partial charge in [-0.25, -0.2) is 0 Å². The Morgan fingerprint density at radius 1 is 0.517 bits per heavy atom. The lowest BCUT2D eigenvalue weighted by Gasteiger charge is -2.41. The van der Waals surface area contributed by atoms with E-state index in [2.05, 4.69) is 13.8 Å². The number of hydrogen-bond acceptors (Lipinski definition) is 2. The highest BCUT2D eigenvalue weighted by atomic mass is 16.5. The van der Waals surface area contributed by atoms with Crippen molar-refractivity contribution < 1.29 is 9.53 Å². The molecule has 0 spiro atoms. The number of ether oxygens (including phenoxy) is 1. The van der Waals surface area contributed by atoms with Gasteiger partial charge in [-0.1, -0.05) is 26.7 Å². The van der Waals surface area contributed by atoms with Crippen molar-refractivity contribution in [2.24, 2.45) is 41.4 Å². The maximum Gasteiger partial charge on any atom is 0.309 e. The Hall–Kier alpha value is -0.530. The lowest BCUT2D eigenvalue weighted by molar-refractivity contribution is -0.157. The fourth-order valence-corrected chi connectivity index (χ4v) is 7.28. The fourth-order valence-electron chi connectivity index (χ4n) is 7.28. The van der Waals surface area contributed by atoms with Crippen LogP contribution in [0.5, 0.6) is 0 Å². The normalized spacial score (nSPS) is 44.2. The molecule has 0 unspecified atom stereocenters. The predicted molar refractivity (Wildman–Crippen MR) is 120 cm³/mol. The molecule has 4 fully saturated rings. The monoisotopic (exact) mass is 402 g/mol. The first-order chi connectivity index (χ1) is 14.1. The van der Waals surface area contributed by atoms with Crippen molar-refractivity contribution in [3.05, 3.63) is 0 Å². The first-order valence-electron chi connectivity index (χ1n) is 13.3. The van der Waals surface area contributed by atoms with E-state index in [0.29, 0.717) is 0 Å². The van der Waals surface area contributed by atoms with Crippen LogP contribution in [0.4, 0.5) is 0 Å². The molecule has 0 heterocycles. The first-order valence-corrected chi connectivity index (χ1v) is 13.3. The van der Waals surface area contributed by atoms with Crippen LogP contribution in [0.1, 0.15) is 117 Å². The maximum absolute atomic E-state index is 12.5. The van der Waals surface area contributed by atoms with Crippen LogP contribution in [0, 0.1) is 41.4 Å². The van der Waals surface area contributed by atoms with Crippen LogP contribution < -0.4 is 0 Å². The molecule has 0 saturated heterocycles. The molecule has 2 nitrogen and oxygen atoms in total. The van der Waals surface area contributed by atoms with Gasteiger partial charge in [0.25, 0.3) is 0 Å². The molecule has 0 aromatic rings. The van der Waals surface area contributed by atoms with Gasteiger partial charge in [-0.05, 0) is 125 Å². The molecule has 4 rings (SSSR count). The summed E-state index contributed by atoms with van der Waals surface area (Å²) in [6.45, 7) is 4.75. The lowest BCUT2D eigenvalue weighted by atomic mass is 9.65. The van der Waals surface area contributed by atoms with E-state index in [1.165, 1.54) is 77.0 Å². The van der Waals surface area contributed by atoms with Crippen molar-refractivity contribution in [3.8, 4) is 0 Å². The molecule has 4 saturated carbocycles. The van der Waals surface area contributed by atoms with E-state index >= 15 is 0 Å². The zero-order valence-electron chi connectivity index (χ0n) is 19.2. The Balaban J connectivity index is 1.14. The van der Waals surface area contributed by atoms with Crippen molar-refractivity contribution in [2.45, 2.75) is 123 Å². The van der Waals surface area contributed by atoms with Crippen LogP contribution in [0.3, 0.4) is 0 Å². The lowest BCUT2D eigenvalue weighted by Crippen LogP contribution is -2.33. The quantitative estimate of drug-likeness (QED) is 0.454. The van der Waals surface area contributed by atoms with Gasteiger partial charge in [0.1, 0.15) is 6.10 Å². The molecule has 0 atom stereocenters. The second kappa shape index (κ2) is 10.2. The van der Waals surface area contributed by atoms with E-state index in [9.17, 15) is 4.79 Å². The third-order valence-electron chi connectivity index (χ3n) is 9.56. The summed E-state index contributed by atoms with van der Waals surface area (Å²) in [6.07, 6.45) is 21.5. The van der Waals surface area contributed by atoms with Gasteiger partial charge in [0.05, 0.1) is 5.92 Å². The first kappa shape index (κ1) is 21.7. The van der Waals surface area contributed by atoms with Crippen LogP contribution in [0.2, 0.25) is 0 Å². The molecule has 29 heavy (non-hydrogen) atoms. The van der Waals surface area contributed by atoms with E-state index in [0.717, 1.165) is 61.2 Å². The van der Waals surface area contributed by atoms with E-state index in [1.54, 1.807) is 0 Å². The van der Waals surface area contributed by atoms with Crippen molar-refractivity contribution in [3.63, 3.8) is 0 Å². The number of rotatable bonds is 4. The Bertz CT molecular complexity index is 497. The average Bonchev–Trinajstić information content (AvgIpc) is 2.75. The van der Waals surface area contributed by atoms with Gasteiger partial charge >= 0.3 is 5.97 Å². The summed E-state index contributed by atoms with van der Waals surface area (Å²) in [5, 5.41) is 0. The van der Waals surface area contributed by atoms with Gasteiger partial charge in [0, 0.05) is 0 Å². The summed E-state index contributed by atoms with van der Waals surface area (Å²) in [6, 6.07) is 0. The molecule has 0 aliphatic heterocycles. The van der Waals surface area contributed by atoms with Crippen molar-refractivity contribution >= 4 is 5.97 Å². The van der Waals surface area contributed by atoms with E-state index in [-0.39, 0.29) is 18.0 Å². The van der Waals surface area contributed by atoms with E-state index in [4.69, 9.17) is 4.74 Å². The van der Waals surface area contributed by atoms with Crippen LogP contribution in [0.15, 0.2) is 0 Å². The smallest absolute Gasteiger partial charge is 0.309 e. The molecule has 0 aromatic carbocycles. The maximum atomic E-state index is 12.5. The van der Waals surface area contributed by atoms with Gasteiger partial charge in [0.15, 0.2) is 0 Å². The van der Waals surface area contributed by atoms with Crippen LogP contribution >= 0.6 is 0 Å². The molecule has 0 N–H and O–H groups in total. The SMILES string of the molecule is CC1CCC(C(=O)OC2CCC(C3CCC(C4CCC(C)CC4)CC3)CC2)CC1. The zero-order valence-corrected chi connectivity index (χ0v) is 19.2. The highest BCUT2D eigenvalue weighted by Gasteiger charge is 2.35. The molecule has 2 heteroatoms. The minimum atomic E-state index is 0.127. The third kappa shape index (κ3) is 5.79. The second-order valence-corrected chi connectivity index (χ2v) is 11.6. The van der Waals surface area contributed by atoms with E-state index < -0.39 is 0 Å². The van der Waals surface area contributed by atoms with Gasteiger partial charge < -0.3 is 4.74 Å². The number of esters is 1. The minimum Gasteiger partial charge on any atom is -0.462 e. The summed E-state index contributed by atoms with van der Waals surface area (Å²) < 4.78 is 5.97. The Kier molecular flexibility index (Phi) is 7.62. The van der Waals surface area contributed by atoms with Crippen LogP contribution in [-0.4, -0.2) is 12.1 Å². The highest BCUT2D eigenvalue weighted by molar-refractivity contribution is 5.72. The molecule has 0 amide bonds. The zero-order chi connectivity index (χ0) is 20.2. The number of carbonyl (C=O) groups excluding carboxylic acids is 1. The average molecular weight is 403 g/mol. The number of hydrogen-bond donors (Lipinski definition) is 0. The fraction of sp³-hybridized carbons (Fsp3) is 0.963. The summed E-state index contributed by atoms with van der Waals surface area (Å²) in [5.41, 5.74) is 0. The number of carbonyl (C=O) groups is 1. The van der Waals surface area contributed by atoms with E-state index in [1.807, 2.05) is 0 Å². The Morgan fingerprint density at radius 3 is 1.31 bits per heavy atom. The molecule has 0 radical (unpaired) electrons. The molecular weight excluding hydrogens is 356 g/mol. The predicted octanol–water partition coefficient (Wildman–Crippen LogP) is 7.55. The largest absolute Gasteiger partial charge is 0.462 e. The van der Waals surface area contributed by atoms with Crippen molar-refractivity contribution in [2.75, 3.05) is 0 Å². The van der Waals surface area contributed by atoms with Crippen LogP contribution in [-0.2, 0) is 9.53 Å². The summed E-state index contributed by atoms with van der Waals surface area (Å²) in [5.74, 6) is 6.06. The summed E-state index contributed by atoms with van der Waals surface area (Å²) in [7, 11) is 0. The Labute approximate surface area is 179 Å². The van der Waals surface area contributed by atoms with Crippen molar-refractivity contribution in [1.82, 2.24) is 0 Å². The summed E-state index contributed by atoms with van der Waals surface area (Å²) in [4.78, 5) is 12.5. The van der Waals surface area contributed by atoms with Gasteiger partial charge in [-0.3, -0.25) is 4.79 Å². The van der Waals surface area contributed by atoms with Crippen LogP contribution in [0.25, 0.3) is 0 Å². The molecule has 0 aromatic heterocycles. The standard InChI is InChI=1S/C27H46O2/c1-19-3-7-21(8-4-19)22-11-13-23(14-12-22)24-15-17-26(18-16-24)29-27(28)25-9-5-20(2)6-10-25/h19-26H,3-18H2,1-2H3. The second-order valence-electron chi connectivity index (χ2n) is 11.6. The molecular formula is C27H46O2. The molecule has 0 bridgehead atoms. The highest BCUT2D eigenvalue weighted by Crippen LogP contribution is 2.45. The van der Waals surface area contributed by atoms with Gasteiger partial charge in [-0.2, -0.15) is 0 Å². The van der Waals surface area contributed by atoms with Gasteiger partial charge in [-0.15, -0.1) is 0 Å². The molecule has 4 aliphatic rings. The molecule has 4 aliphatic carbocycles. The third-order valence-corrected chi connectivity index (χ3v) is 9.56. The Morgan fingerprint density at radius 2 is 0.862 bits per heavy atom. The topological polar surface area (TPSA) is 26.3 Å². The van der Waals surface area contributed by atoms with Gasteiger partial charge in [0.2, 0.25) is 0 Å². The molecule has 166 valence electrons. The minimum absolute atomic E-state index is 0.127. The van der Waals surface area contributed by atoms with Crippen molar-refractivity contribution in [1.29, 1.82) is 0 Å².